The third-order valence-electron chi connectivity index (χ3n) is 1.71. The van der Waals surface area contributed by atoms with Crippen molar-refractivity contribution < 1.29 is 4.74 Å². The SMILES string of the molecule is Nc1cncc(Oc2ccccc2)c1. The molecule has 14 heavy (non-hydrogen) atoms. The molecule has 0 unspecified atom stereocenters. The lowest BCUT2D eigenvalue weighted by Gasteiger charge is -2.04. The van der Waals surface area contributed by atoms with Gasteiger partial charge >= 0.3 is 0 Å². The van der Waals surface area contributed by atoms with Crippen LogP contribution in [0, 0.1) is 0 Å². The van der Waals surface area contributed by atoms with Crippen LogP contribution >= 0.6 is 0 Å². The van der Waals surface area contributed by atoms with Gasteiger partial charge in [-0.1, -0.05) is 18.2 Å². The van der Waals surface area contributed by atoms with Crippen molar-refractivity contribution in [3.8, 4) is 11.5 Å². The van der Waals surface area contributed by atoms with Gasteiger partial charge in [-0.05, 0) is 12.1 Å². The Kier molecular flexibility index (Phi) is 2.32. The Labute approximate surface area is 82.2 Å². The van der Waals surface area contributed by atoms with E-state index in [1.807, 2.05) is 30.3 Å². The lowest BCUT2D eigenvalue weighted by molar-refractivity contribution is 0.480. The smallest absolute Gasteiger partial charge is 0.147 e. The fourth-order valence-electron chi connectivity index (χ4n) is 1.12. The molecule has 0 spiro atoms. The summed E-state index contributed by atoms with van der Waals surface area (Å²) < 4.78 is 5.52. The molecule has 1 heterocycles. The van der Waals surface area contributed by atoms with Crippen molar-refractivity contribution in [2.45, 2.75) is 0 Å². The molecule has 0 amide bonds. The van der Waals surface area contributed by atoms with Gasteiger partial charge in [0.05, 0.1) is 18.1 Å². The highest BCUT2D eigenvalue weighted by Gasteiger charge is 1.96. The van der Waals surface area contributed by atoms with Gasteiger partial charge in [0, 0.05) is 6.07 Å². The zero-order valence-electron chi connectivity index (χ0n) is 7.55. The summed E-state index contributed by atoms with van der Waals surface area (Å²) in [6.07, 6.45) is 3.21. The van der Waals surface area contributed by atoms with E-state index >= 15 is 0 Å². The molecular formula is C11H10N2O. The first-order valence-corrected chi connectivity index (χ1v) is 4.28. The van der Waals surface area contributed by atoms with E-state index in [2.05, 4.69) is 4.98 Å². The van der Waals surface area contributed by atoms with Crippen molar-refractivity contribution in [2.24, 2.45) is 0 Å². The van der Waals surface area contributed by atoms with Crippen molar-refractivity contribution in [1.82, 2.24) is 4.98 Å². The summed E-state index contributed by atoms with van der Waals surface area (Å²) in [5.74, 6) is 1.43. The Morgan fingerprint density at radius 1 is 1.00 bits per heavy atom. The second-order valence-electron chi connectivity index (χ2n) is 2.87. The number of anilines is 1. The van der Waals surface area contributed by atoms with Gasteiger partial charge in [0.1, 0.15) is 11.5 Å². The molecule has 3 heteroatoms. The summed E-state index contributed by atoms with van der Waals surface area (Å²) in [5, 5.41) is 0. The number of benzene rings is 1. The van der Waals surface area contributed by atoms with Gasteiger partial charge in [0.2, 0.25) is 0 Å². The molecule has 0 bridgehead atoms. The van der Waals surface area contributed by atoms with Crippen molar-refractivity contribution in [3.63, 3.8) is 0 Å². The van der Waals surface area contributed by atoms with Crippen molar-refractivity contribution in [2.75, 3.05) is 5.73 Å². The van der Waals surface area contributed by atoms with Crippen molar-refractivity contribution >= 4 is 5.69 Å². The van der Waals surface area contributed by atoms with Gasteiger partial charge in [-0.2, -0.15) is 0 Å². The van der Waals surface area contributed by atoms with Crippen molar-refractivity contribution in [3.05, 3.63) is 48.8 Å². The first-order valence-electron chi connectivity index (χ1n) is 4.28. The monoisotopic (exact) mass is 186 g/mol. The Morgan fingerprint density at radius 2 is 1.79 bits per heavy atom. The highest BCUT2D eigenvalue weighted by Crippen LogP contribution is 2.20. The number of hydrogen-bond acceptors (Lipinski definition) is 3. The fourth-order valence-corrected chi connectivity index (χ4v) is 1.12. The van der Waals surface area contributed by atoms with Gasteiger partial charge < -0.3 is 10.5 Å². The third-order valence-corrected chi connectivity index (χ3v) is 1.71. The molecular weight excluding hydrogens is 176 g/mol. The van der Waals surface area contributed by atoms with Crippen LogP contribution in [0.1, 0.15) is 0 Å². The van der Waals surface area contributed by atoms with Crippen LogP contribution in [0.5, 0.6) is 11.5 Å². The minimum absolute atomic E-state index is 0.596. The molecule has 2 N–H and O–H groups in total. The minimum Gasteiger partial charge on any atom is -0.456 e. The number of aromatic nitrogens is 1. The largest absolute Gasteiger partial charge is 0.456 e. The minimum atomic E-state index is 0.596. The van der Waals surface area contributed by atoms with Crippen molar-refractivity contribution in [1.29, 1.82) is 0 Å². The Bertz CT molecular complexity index is 415. The number of rotatable bonds is 2. The molecule has 0 radical (unpaired) electrons. The lowest BCUT2D eigenvalue weighted by atomic mass is 10.3. The van der Waals surface area contributed by atoms with E-state index in [4.69, 9.17) is 10.5 Å². The van der Waals surface area contributed by atoms with Crippen LogP contribution in [0.4, 0.5) is 5.69 Å². The summed E-state index contributed by atoms with van der Waals surface area (Å²) >= 11 is 0. The number of nitrogens with two attached hydrogens (primary N) is 1. The number of ether oxygens (including phenoxy) is 1. The maximum Gasteiger partial charge on any atom is 0.147 e. The second kappa shape index (κ2) is 3.79. The predicted molar refractivity (Wildman–Crippen MR) is 55.2 cm³/mol. The Balaban J connectivity index is 2.19. The summed E-state index contributed by atoms with van der Waals surface area (Å²) in [4.78, 5) is 3.93. The van der Waals surface area contributed by atoms with Gasteiger partial charge in [-0.25, -0.2) is 0 Å². The first kappa shape index (κ1) is 8.56. The molecule has 70 valence electrons. The third kappa shape index (κ3) is 2.01. The zero-order chi connectivity index (χ0) is 9.80. The molecule has 0 fully saturated rings. The average Bonchev–Trinajstić information content (AvgIpc) is 2.19. The molecule has 1 aromatic heterocycles. The maximum atomic E-state index is 5.57. The molecule has 0 aliphatic heterocycles. The number of pyridine rings is 1. The first-order chi connectivity index (χ1) is 6.84. The van der Waals surface area contributed by atoms with Gasteiger partial charge in [0.25, 0.3) is 0 Å². The van der Waals surface area contributed by atoms with Gasteiger partial charge in [-0.15, -0.1) is 0 Å². The van der Waals surface area contributed by atoms with E-state index in [1.54, 1.807) is 18.5 Å². The molecule has 0 aliphatic rings. The number of para-hydroxylation sites is 1. The predicted octanol–water partition coefficient (Wildman–Crippen LogP) is 2.46. The zero-order valence-corrected chi connectivity index (χ0v) is 7.55. The van der Waals surface area contributed by atoms with Crippen LogP contribution in [-0.4, -0.2) is 4.98 Å². The number of nitrogens with zero attached hydrogens (tertiary/aromatic N) is 1. The Morgan fingerprint density at radius 3 is 2.50 bits per heavy atom. The number of nitrogen functional groups attached to an aromatic ring is 1. The fraction of sp³-hybridized carbons (Fsp3) is 0. The lowest BCUT2D eigenvalue weighted by Crippen LogP contribution is -1.89. The van der Waals surface area contributed by atoms with Crippen LogP contribution in [-0.2, 0) is 0 Å². The highest BCUT2D eigenvalue weighted by atomic mass is 16.5. The van der Waals surface area contributed by atoms with Crippen LogP contribution in [0.2, 0.25) is 0 Å². The summed E-state index contributed by atoms with van der Waals surface area (Å²) in [6.45, 7) is 0. The van der Waals surface area contributed by atoms with E-state index in [9.17, 15) is 0 Å². The van der Waals surface area contributed by atoms with Gasteiger partial charge in [-0.3, -0.25) is 4.98 Å². The molecule has 2 rings (SSSR count). The van der Waals surface area contributed by atoms with E-state index < -0.39 is 0 Å². The topological polar surface area (TPSA) is 48.1 Å². The van der Waals surface area contributed by atoms with E-state index in [0.29, 0.717) is 11.4 Å². The normalized spacial score (nSPS) is 9.71. The second-order valence-corrected chi connectivity index (χ2v) is 2.87. The molecule has 2 aromatic rings. The highest BCUT2D eigenvalue weighted by molar-refractivity contribution is 5.41. The number of hydrogen-bond donors (Lipinski definition) is 1. The van der Waals surface area contributed by atoms with Crippen LogP contribution < -0.4 is 10.5 Å². The standard InChI is InChI=1S/C11H10N2O/c12-9-6-11(8-13-7-9)14-10-4-2-1-3-5-10/h1-8H,12H2. The van der Waals surface area contributed by atoms with Crippen LogP contribution in [0.25, 0.3) is 0 Å². The molecule has 0 aliphatic carbocycles. The van der Waals surface area contributed by atoms with E-state index in [1.165, 1.54) is 0 Å². The van der Waals surface area contributed by atoms with Gasteiger partial charge in [0.15, 0.2) is 0 Å². The van der Waals surface area contributed by atoms with E-state index in [0.717, 1.165) is 5.75 Å². The Hall–Kier alpha value is -2.03. The average molecular weight is 186 g/mol. The summed E-state index contributed by atoms with van der Waals surface area (Å²) in [6, 6.07) is 11.3. The summed E-state index contributed by atoms with van der Waals surface area (Å²) in [7, 11) is 0. The molecule has 1 aromatic carbocycles. The van der Waals surface area contributed by atoms with Crippen LogP contribution in [0.3, 0.4) is 0 Å². The molecule has 0 saturated heterocycles. The quantitative estimate of drug-likeness (QED) is 0.783. The van der Waals surface area contributed by atoms with E-state index in [-0.39, 0.29) is 0 Å². The maximum absolute atomic E-state index is 5.57. The molecule has 0 atom stereocenters. The molecule has 0 saturated carbocycles. The molecule has 3 nitrogen and oxygen atoms in total. The summed E-state index contributed by atoms with van der Waals surface area (Å²) in [5.41, 5.74) is 6.17. The van der Waals surface area contributed by atoms with Crippen LogP contribution in [0.15, 0.2) is 48.8 Å².